The lowest BCUT2D eigenvalue weighted by Gasteiger charge is -2.38. The van der Waals surface area contributed by atoms with Gasteiger partial charge in [-0.3, -0.25) is 14.4 Å². The molecule has 9 nitrogen and oxygen atoms in total. The fourth-order valence-electron chi connectivity index (χ4n) is 7.54. The molecule has 3 aliphatic heterocycles. The predicted octanol–water partition coefficient (Wildman–Crippen LogP) is 4.60. The lowest BCUT2D eigenvalue weighted by atomic mass is 9.66. The Kier molecular flexibility index (Phi) is 7.42. The summed E-state index contributed by atoms with van der Waals surface area (Å²) in [7, 11) is 0. The van der Waals surface area contributed by atoms with Crippen LogP contribution in [-0.2, 0) is 19.1 Å². The Morgan fingerprint density at radius 2 is 1.67 bits per heavy atom. The Morgan fingerprint density at radius 3 is 2.35 bits per heavy atom. The molecule has 0 saturated carbocycles. The van der Waals surface area contributed by atoms with Gasteiger partial charge in [-0.15, -0.1) is 0 Å². The van der Waals surface area contributed by atoms with Crippen molar-refractivity contribution in [2.75, 3.05) is 23.8 Å². The van der Waals surface area contributed by atoms with Gasteiger partial charge in [0.1, 0.15) is 17.4 Å². The molecular formula is C34H39N3O6. The number of likely N-dealkylation sites (tertiary alicyclic amines) is 1. The van der Waals surface area contributed by atoms with Gasteiger partial charge in [0.25, 0.3) is 0 Å². The van der Waals surface area contributed by atoms with Crippen LogP contribution in [0.15, 0.2) is 66.7 Å². The van der Waals surface area contributed by atoms with Crippen molar-refractivity contribution in [3.05, 3.63) is 66.7 Å². The first-order chi connectivity index (χ1) is 20.6. The summed E-state index contributed by atoms with van der Waals surface area (Å²) in [5.74, 6) is -2.16. The highest BCUT2D eigenvalue weighted by molar-refractivity contribution is 6.06. The zero-order valence-corrected chi connectivity index (χ0v) is 25.0. The highest BCUT2D eigenvalue weighted by atomic mass is 16.5. The molecule has 2 unspecified atom stereocenters. The fourth-order valence-corrected chi connectivity index (χ4v) is 7.54. The van der Waals surface area contributed by atoms with Crippen molar-refractivity contribution in [2.45, 2.75) is 63.8 Å². The summed E-state index contributed by atoms with van der Waals surface area (Å²) < 4.78 is 12.2. The number of aliphatic hydroxyl groups excluding tert-OH is 1. The van der Waals surface area contributed by atoms with Crippen molar-refractivity contribution in [2.24, 2.45) is 17.8 Å². The number of aliphatic hydroxyl groups is 1. The molecule has 3 fully saturated rings. The number of ether oxygens (including phenoxy) is 2. The van der Waals surface area contributed by atoms with Crippen LogP contribution in [-0.4, -0.2) is 64.2 Å². The zero-order chi connectivity index (χ0) is 30.5. The van der Waals surface area contributed by atoms with Crippen molar-refractivity contribution in [3.63, 3.8) is 0 Å². The van der Waals surface area contributed by atoms with E-state index in [0.717, 1.165) is 10.8 Å². The summed E-state index contributed by atoms with van der Waals surface area (Å²) in [6.07, 6.45) is 0.979. The Bertz CT molecular complexity index is 1560. The third kappa shape index (κ3) is 4.75. The molecule has 3 amide bonds. The molecule has 6 rings (SSSR count). The maximum atomic E-state index is 14.4. The zero-order valence-electron chi connectivity index (χ0n) is 25.0. The van der Waals surface area contributed by atoms with Crippen LogP contribution < -0.4 is 15.4 Å². The maximum Gasteiger partial charge on any atom is 0.250 e. The normalized spacial score (nSPS) is 28.3. The van der Waals surface area contributed by atoms with Crippen LogP contribution in [0, 0.1) is 17.8 Å². The number of carbonyl (C=O) groups excluding carboxylic acids is 3. The van der Waals surface area contributed by atoms with E-state index in [0.29, 0.717) is 36.6 Å². The van der Waals surface area contributed by atoms with Gasteiger partial charge in [0.15, 0.2) is 0 Å². The molecule has 0 aromatic heterocycles. The molecule has 0 aliphatic carbocycles. The van der Waals surface area contributed by atoms with Gasteiger partial charge in [0, 0.05) is 11.4 Å². The molecule has 3 aromatic carbocycles. The van der Waals surface area contributed by atoms with Crippen LogP contribution in [0.4, 0.5) is 11.4 Å². The topological polar surface area (TPSA) is 117 Å². The monoisotopic (exact) mass is 585 g/mol. The minimum absolute atomic E-state index is 0.135. The molecule has 3 heterocycles. The van der Waals surface area contributed by atoms with E-state index in [1.807, 2.05) is 70.2 Å². The van der Waals surface area contributed by atoms with E-state index in [1.54, 1.807) is 24.3 Å². The van der Waals surface area contributed by atoms with Gasteiger partial charge < -0.3 is 30.1 Å². The van der Waals surface area contributed by atoms with Gasteiger partial charge in [-0.2, -0.15) is 0 Å². The summed E-state index contributed by atoms with van der Waals surface area (Å²) in [6.45, 7) is 7.81. The van der Waals surface area contributed by atoms with Crippen molar-refractivity contribution >= 4 is 39.9 Å². The maximum absolute atomic E-state index is 14.4. The van der Waals surface area contributed by atoms with E-state index in [9.17, 15) is 19.5 Å². The largest absolute Gasteiger partial charge is 0.494 e. The van der Waals surface area contributed by atoms with Crippen LogP contribution in [0.1, 0.15) is 40.5 Å². The molecule has 3 aromatic rings. The number of anilines is 2. The van der Waals surface area contributed by atoms with Crippen LogP contribution in [0.3, 0.4) is 0 Å². The quantitative estimate of drug-likeness (QED) is 0.338. The number of benzene rings is 3. The molecule has 43 heavy (non-hydrogen) atoms. The molecule has 226 valence electrons. The summed E-state index contributed by atoms with van der Waals surface area (Å²) >= 11 is 0. The second-order valence-corrected chi connectivity index (χ2v) is 12.5. The molecule has 1 spiro atoms. The summed E-state index contributed by atoms with van der Waals surface area (Å²) in [5, 5.41) is 18.5. The average Bonchev–Trinajstić information content (AvgIpc) is 3.55. The van der Waals surface area contributed by atoms with Gasteiger partial charge in [-0.05, 0) is 79.8 Å². The van der Waals surface area contributed by atoms with Crippen LogP contribution in [0.2, 0.25) is 0 Å². The lowest BCUT2D eigenvalue weighted by molar-refractivity contribution is -0.148. The van der Waals surface area contributed by atoms with E-state index in [1.165, 1.54) is 4.90 Å². The van der Waals surface area contributed by atoms with Crippen molar-refractivity contribution in [1.29, 1.82) is 0 Å². The first-order valence-electron chi connectivity index (χ1n) is 15.1. The number of amides is 3. The molecule has 2 bridgehead atoms. The molecular weight excluding hydrogens is 546 g/mol. The summed E-state index contributed by atoms with van der Waals surface area (Å²) in [4.78, 5) is 44.1. The smallest absolute Gasteiger partial charge is 0.250 e. The van der Waals surface area contributed by atoms with Crippen molar-refractivity contribution in [3.8, 4) is 5.75 Å². The fraction of sp³-hybridized carbons (Fsp3) is 0.441. The predicted molar refractivity (Wildman–Crippen MR) is 164 cm³/mol. The van der Waals surface area contributed by atoms with Gasteiger partial charge in [-0.25, -0.2) is 0 Å². The van der Waals surface area contributed by atoms with Crippen molar-refractivity contribution in [1.82, 2.24) is 4.90 Å². The molecule has 3 N–H and O–H groups in total. The summed E-state index contributed by atoms with van der Waals surface area (Å²) in [6, 6.07) is 19.0. The second-order valence-electron chi connectivity index (χ2n) is 12.5. The Hall–Kier alpha value is -3.95. The second kappa shape index (κ2) is 11.0. The SMILES string of the molecule is CCOc1ccc(NC(=O)[C@@H]2[C@H]3C(=O)N([C@@H](CO)C(C)C)C(C(=O)Nc4ccc5ccccc5c4)C34CC[C@@]2(C)O4)cc1. The van der Waals surface area contributed by atoms with Gasteiger partial charge >= 0.3 is 0 Å². The third-order valence-electron chi connectivity index (χ3n) is 9.51. The Morgan fingerprint density at radius 1 is 1.00 bits per heavy atom. The number of hydrogen-bond acceptors (Lipinski definition) is 6. The number of carbonyl (C=O) groups is 3. The number of fused-ring (bicyclic) bond motifs is 2. The van der Waals surface area contributed by atoms with Crippen LogP contribution in [0.5, 0.6) is 5.75 Å². The minimum atomic E-state index is -1.20. The molecule has 6 atom stereocenters. The van der Waals surface area contributed by atoms with E-state index in [-0.39, 0.29) is 30.2 Å². The molecule has 3 aliphatic rings. The van der Waals surface area contributed by atoms with E-state index < -0.39 is 35.1 Å². The molecule has 3 saturated heterocycles. The Labute approximate surface area is 251 Å². The number of nitrogens with zero attached hydrogens (tertiary/aromatic N) is 1. The van der Waals surface area contributed by atoms with Crippen LogP contribution in [0.25, 0.3) is 10.8 Å². The number of nitrogens with one attached hydrogen (secondary N) is 2. The highest BCUT2D eigenvalue weighted by Crippen LogP contribution is 2.63. The van der Waals surface area contributed by atoms with E-state index >= 15 is 0 Å². The molecule has 0 radical (unpaired) electrons. The van der Waals surface area contributed by atoms with Gasteiger partial charge in [0.05, 0.1) is 36.7 Å². The number of hydrogen-bond donors (Lipinski definition) is 3. The Balaban J connectivity index is 1.35. The van der Waals surface area contributed by atoms with Gasteiger partial charge in [0.2, 0.25) is 17.7 Å². The first-order valence-corrected chi connectivity index (χ1v) is 15.1. The van der Waals surface area contributed by atoms with Crippen molar-refractivity contribution < 1.29 is 29.0 Å². The standard InChI is InChI=1S/C34H39N3O6/c1-5-42-25-14-12-23(13-15-25)35-30(39)27-28-32(41)37(26(19-38)20(2)3)29(34(28)17-16-33(27,4)43-34)31(40)36-24-11-10-21-8-6-7-9-22(21)18-24/h6-15,18,20,26-29,38H,5,16-17,19H2,1-4H3,(H,35,39)(H,36,40)/t26-,27-,28-,29?,33+,34?/m0/s1. The number of rotatable bonds is 9. The highest BCUT2D eigenvalue weighted by Gasteiger charge is 2.78. The third-order valence-corrected chi connectivity index (χ3v) is 9.51. The summed E-state index contributed by atoms with van der Waals surface area (Å²) in [5.41, 5.74) is -0.937. The van der Waals surface area contributed by atoms with Crippen LogP contribution >= 0.6 is 0 Å². The average molecular weight is 586 g/mol. The lowest BCUT2D eigenvalue weighted by Crippen LogP contribution is -2.57. The molecule has 9 heteroatoms. The van der Waals surface area contributed by atoms with Gasteiger partial charge in [-0.1, -0.05) is 44.2 Å². The minimum Gasteiger partial charge on any atom is -0.494 e. The van der Waals surface area contributed by atoms with E-state index in [2.05, 4.69) is 10.6 Å². The first kappa shape index (κ1) is 29.1. The van der Waals surface area contributed by atoms with E-state index in [4.69, 9.17) is 9.47 Å².